The van der Waals surface area contributed by atoms with Gasteiger partial charge in [-0.3, -0.25) is 4.90 Å². The van der Waals surface area contributed by atoms with Crippen LogP contribution in [0.15, 0.2) is 0 Å². The van der Waals surface area contributed by atoms with E-state index in [-0.39, 0.29) is 6.04 Å². The molecule has 15 heavy (non-hydrogen) atoms. The third kappa shape index (κ3) is 2.49. The number of hydrogen-bond acceptors (Lipinski definition) is 5. The topological polar surface area (TPSA) is 51.2 Å². The first-order chi connectivity index (χ1) is 7.19. The van der Waals surface area contributed by atoms with Crippen molar-refractivity contribution in [2.24, 2.45) is 0 Å². The van der Waals surface area contributed by atoms with Crippen molar-refractivity contribution < 1.29 is 19.3 Å². The fraction of sp³-hybridized carbons (Fsp3) is 1.00. The molecule has 1 saturated heterocycles. The third-order valence-corrected chi connectivity index (χ3v) is 2.87. The Balaban J connectivity index is 2.74. The highest BCUT2D eigenvalue weighted by molar-refractivity contribution is 4.89. The highest BCUT2D eigenvalue weighted by Gasteiger charge is 2.46. The predicted octanol–water partition coefficient (Wildman–Crippen LogP) is 0.0329. The average molecular weight is 219 g/mol. The second-order valence-corrected chi connectivity index (χ2v) is 3.55. The van der Waals surface area contributed by atoms with Crippen LogP contribution in [-0.2, 0) is 14.2 Å². The summed E-state index contributed by atoms with van der Waals surface area (Å²) in [7, 11) is 3.09. The summed E-state index contributed by atoms with van der Waals surface area (Å²) in [5.41, 5.74) is 0. The fourth-order valence-electron chi connectivity index (χ4n) is 2.04. The van der Waals surface area contributed by atoms with Crippen LogP contribution in [-0.4, -0.2) is 62.0 Å². The van der Waals surface area contributed by atoms with E-state index in [1.165, 1.54) is 7.11 Å². The minimum absolute atomic E-state index is 0.157. The number of methoxy groups -OCH3 is 2. The Bertz CT molecular complexity index is 184. The molecule has 4 atom stereocenters. The van der Waals surface area contributed by atoms with Gasteiger partial charge in [0.15, 0.2) is 12.6 Å². The summed E-state index contributed by atoms with van der Waals surface area (Å²) in [4.78, 5) is 2.11. The molecule has 0 saturated carbocycles. The third-order valence-electron chi connectivity index (χ3n) is 2.87. The monoisotopic (exact) mass is 219 g/mol. The number of hydrogen-bond donors (Lipinski definition) is 1. The van der Waals surface area contributed by atoms with Crippen molar-refractivity contribution >= 4 is 0 Å². The lowest BCUT2D eigenvalue weighted by Gasteiger charge is -2.30. The van der Waals surface area contributed by atoms with Gasteiger partial charge < -0.3 is 19.3 Å². The molecule has 90 valence electrons. The molecular weight excluding hydrogens is 198 g/mol. The summed E-state index contributed by atoms with van der Waals surface area (Å²) in [5, 5.41) is 10.0. The van der Waals surface area contributed by atoms with Crippen LogP contribution in [0, 0.1) is 0 Å². The number of rotatable bonds is 5. The first-order valence-electron chi connectivity index (χ1n) is 5.32. The molecule has 0 aromatic heterocycles. The normalized spacial score (nSPS) is 36.4. The standard InChI is InChI=1S/C10H21NO4/c1-5-11(6-2)7-8(12)10(14-4)15-9(7)13-3/h7-10,12H,5-6H2,1-4H3. The molecule has 0 aromatic rings. The maximum atomic E-state index is 10.0. The maximum Gasteiger partial charge on any atom is 0.187 e. The Hall–Kier alpha value is -0.200. The zero-order valence-electron chi connectivity index (χ0n) is 9.84. The maximum absolute atomic E-state index is 10.0. The summed E-state index contributed by atoms with van der Waals surface area (Å²) in [5.74, 6) is 0. The Morgan fingerprint density at radius 2 is 1.67 bits per heavy atom. The summed E-state index contributed by atoms with van der Waals surface area (Å²) >= 11 is 0. The highest BCUT2D eigenvalue weighted by Crippen LogP contribution is 2.26. The summed E-state index contributed by atoms with van der Waals surface area (Å²) < 4.78 is 15.7. The molecule has 1 fully saturated rings. The van der Waals surface area contributed by atoms with Crippen molar-refractivity contribution in [1.82, 2.24) is 4.90 Å². The van der Waals surface area contributed by atoms with Crippen LogP contribution in [0.2, 0.25) is 0 Å². The number of likely N-dealkylation sites (N-methyl/N-ethyl adjacent to an activating group) is 1. The molecule has 0 amide bonds. The molecule has 0 radical (unpaired) electrons. The van der Waals surface area contributed by atoms with Crippen LogP contribution in [0.5, 0.6) is 0 Å². The van der Waals surface area contributed by atoms with E-state index in [4.69, 9.17) is 14.2 Å². The highest BCUT2D eigenvalue weighted by atomic mass is 16.8. The molecule has 0 spiro atoms. The van der Waals surface area contributed by atoms with Crippen LogP contribution >= 0.6 is 0 Å². The van der Waals surface area contributed by atoms with Gasteiger partial charge in [0.1, 0.15) is 6.10 Å². The SMILES string of the molecule is CCN(CC)C1C(OC)OC(OC)C1O. The second kappa shape index (κ2) is 5.77. The quantitative estimate of drug-likeness (QED) is 0.707. The van der Waals surface area contributed by atoms with Gasteiger partial charge in [-0.1, -0.05) is 13.8 Å². The summed E-state index contributed by atoms with van der Waals surface area (Å²) in [6.45, 7) is 5.78. The van der Waals surface area contributed by atoms with Crippen LogP contribution in [0.1, 0.15) is 13.8 Å². The van der Waals surface area contributed by atoms with Crippen LogP contribution in [0.25, 0.3) is 0 Å². The van der Waals surface area contributed by atoms with Crippen LogP contribution in [0.4, 0.5) is 0 Å². The summed E-state index contributed by atoms with van der Waals surface area (Å²) in [6.07, 6.45) is -1.69. The van der Waals surface area contributed by atoms with E-state index in [0.717, 1.165) is 13.1 Å². The van der Waals surface area contributed by atoms with Gasteiger partial charge in [-0.05, 0) is 13.1 Å². The van der Waals surface area contributed by atoms with Gasteiger partial charge in [0.2, 0.25) is 0 Å². The first-order valence-corrected chi connectivity index (χ1v) is 5.32. The molecule has 1 aliphatic rings. The molecule has 0 bridgehead atoms. The lowest BCUT2D eigenvalue weighted by molar-refractivity contribution is -0.202. The van der Waals surface area contributed by atoms with E-state index in [2.05, 4.69) is 4.90 Å². The molecule has 5 heteroatoms. The average Bonchev–Trinajstić information content (AvgIpc) is 2.58. The van der Waals surface area contributed by atoms with E-state index in [0.29, 0.717) is 0 Å². The smallest absolute Gasteiger partial charge is 0.187 e. The molecular formula is C10H21NO4. The molecule has 1 heterocycles. The fourth-order valence-corrected chi connectivity index (χ4v) is 2.04. The number of ether oxygens (including phenoxy) is 3. The van der Waals surface area contributed by atoms with Crippen molar-refractivity contribution in [2.45, 2.75) is 38.6 Å². The van der Waals surface area contributed by atoms with Gasteiger partial charge in [0.25, 0.3) is 0 Å². The van der Waals surface area contributed by atoms with Gasteiger partial charge in [-0.2, -0.15) is 0 Å². The predicted molar refractivity (Wildman–Crippen MR) is 55.4 cm³/mol. The van der Waals surface area contributed by atoms with E-state index in [1.807, 2.05) is 13.8 Å². The van der Waals surface area contributed by atoms with Crippen LogP contribution in [0.3, 0.4) is 0 Å². The Kier molecular flexibility index (Phi) is 4.95. The molecule has 0 aromatic carbocycles. The van der Waals surface area contributed by atoms with Gasteiger partial charge in [0, 0.05) is 14.2 Å². The van der Waals surface area contributed by atoms with Crippen LogP contribution < -0.4 is 0 Å². The van der Waals surface area contributed by atoms with E-state index in [1.54, 1.807) is 7.11 Å². The van der Waals surface area contributed by atoms with E-state index in [9.17, 15) is 5.11 Å². The Morgan fingerprint density at radius 1 is 1.13 bits per heavy atom. The molecule has 5 nitrogen and oxygen atoms in total. The first kappa shape index (κ1) is 12.9. The lowest BCUT2D eigenvalue weighted by Crippen LogP contribution is -2.48. The van der Waals surface area contributed by atoms with Crippen molar-refractivity contribution in [3.8, 4) is 0 Å². The zero-order chi connectivity index (χ0) is 11.4. The zero-order valence-corrected chi connectivity index (χ0v) is 9.84. The van der Waals surface area contributed by atoms with Gasteiger partial charge in [-0.25, -0.2) is 0 Å². The van der Waals surface area contributed by atoms with Gasteiger partial charge in [0.05, 0.1) is 6.04 Å². The minimum Gasteiger partial charge on any atom is -0.386 e. The Morgan fingerprint density at radius 3 is 2.07 bits per heavy atom. The number of nitrogens with zero attached hydrogens (tertiary/aromatic N) is 1. The van der Waals surface area contributed by atoms with Gasteiger partial charge >= 0.3 is 0 Å². The minimum atomic E-state index is -0.667. The number of aliphatic hydroxyl groups excluding tert-OH is 1. The Labute approximate surface area is 90.9 Å². The van der Waals surface area contributed by atoms with Crippen molar-refractivity contribution in [1.29, 1.82) is 0 Å². The molecule has 1 N–H and O–H groups in total. The molecule has 1 rings (SSSR count). The lowest BCUT2D eigenvalue weighted by atomic mass is 10.1. The molecule has 1 aliphatic heterocycles. The largest absolute Gasteiger partial charge is 0.386 e. The summed E-state index contributed by atoms with van der Waals surface area (Å²) in [6, 6.07) is -0.157. The van der Waals surface area contributed by atoms with E-state index < -0.39 is 18.7 Å². The van der Waals surface area contributed by atoms with E-state index >= 15 is 0 Å². The van der Waals surface area contributed by atoms with Crippen molar-refractivity contribution in [3.05, 3.63) is 0 Å². The molecule has 4 unspecified atom stereocenters. The van der Waals surface area contributed by atoms with Crippen molar-refractivity contribution in [2.75, 3.05) is 27.3 Å². The van der Waals surface area contributed by atoms with Crippen molar-refractivity contribution in [3.63, 3.8) is 0 Å². The van der Waals surface area contributed by atoms with Gasteiger partial charge in [-0.15, -0.1) is 0 Å². The second-order valence-electron chi connectivity index (χ2n) is 3.55. The number of aliphatic hydroxyl groups is 1. The molecule has 0 aliphatic carbocycles.